The van der Waals surface area contributed by atoms with Crippen LogP contribution in [0.1, 0.15) is 32.8 Å². The Hall–Kier alpha value is -2.13. The van der Waals surface area contributed by atoms with Crippen LogP contribution in [0, 0.1) is 0 Å². The first kappa shape index (κ1) is 20.9. The summed E-state index contributed by atoms with van der Waals surface area (Å²) in [5, 5.41) is 3.00. The van der Waals surface area contributed by atoms with Crippen molar-refractivity contribution in [3.8, 4) is 0 Å². The molecule has 126 valence electrons. The quantitative estimate of drug-likeness (QED) is 0.570. The Balaban J connectivity index is 0.00000232. The standard InChI is InChI=1S/C18H23NO2.C2H6/c1-4-9-15(10-5-2)13-17(19-3)18(20)21-14-16-11-7-6-8-12-16;1-2/h4-12,17,19H,1,13-14H2,2-3H3;1-2H3/b10-5-,15-9+;. The van der Waals surface area contributed by atoms with Gasteiger partial charge in [0, 0.05) is 0 Å². The number of hydrogen-bond acceptors (Lipinski definition) is 3. The van der Waals surface area contributed by atoms with E-state index in [-0.39, 0.29) is 12.0 Å². The van der Waals surface area contributed by atoms with Crippen molar-refractivity contribution in [1.82, 2.24) is 5.32 Å². The number of ether oxygens (including phenoxy) is 1. The zero-order chi connectivity index (χ0) is 17.5. The monoisotopic (exact) mass is 315 g/mol. The Bertz CT molecular complexity index is 504. The van der Waals surface area contributed by atoms with Crippen molar-refractivity contribution < 1.29 is 9.53 Å². The van der Waals surface area contributed by atoms with Crippen LogP contribution >= 0.6 is 0 Å². The van der Waals surface area contributed by atoms with Crippen LogP contribution in [0.25, 0.3) is 0 Å². The minimum Gasteiger partial charge on any atom is -0.460 e. The summed E-state index contributed by atoms with van der Waals surface area (Å²) in [6.07, 6.45) is 8.10. The summed E-state index contributed by atoms with van der Waals surface area (Å²) >= 11 is 0. The van der Waals surface area contributed by atoms with Crippen molar-refractivity contribution >= 4 is 5.97 Å². The Morgan fingerprint density at radius 1 is 1.30 bits per heavy atom. The molecule has 0 radical (unpaired) electrons. The molecule has 0 aliphatic carbocycles. The molecule has 1 unspecified atom stereocenters. The number of nitrogens with one attached hydrogen (secondary N) is 1. The topological polar surface area (TPSA) is 38.3 Å². The maximum atomic E-state index is 12.1. The lowest BCUT2D eigenvalue weighted by Crippen LogP contribution is -2.35. The molecular formula is C20H29NO2. The van der Waals surface area contributed by atoms with Gasteiger partial charge in [-0.25, -0.2) is 0 Å². The molecular weight excluding hydrogens is 286 g/mol. The molecule has 0 fully saturated rings. The van der Waals surface area contributed by atoms with Gasteiger partial charge >= 0.3 is 5.97 Å². The molecule has 1 aromatic carbocycles. The Morgan fingerprint density at radius 2 is 1.96 bits per heavy atom. The number of allylic oxidation sites excluding steroid dienone is 4. The van der Waals surface area contributed by atoms with Gasteiger partial charge in [-0.05, 0) is 31.5 Å². The molecule has 0 bridgehead atoms. The highest BCUT2D eigenvalue weighted by Gasteiger charge is 2.18. The normalized spacial score (nSPS) is 12.3. The smallest absolute Gasteiger partial charge is 0.323 e. The first-order chi connectivity index (χ1) is 11.2. The van der Waals surface area contributed by atoms with Crippen molar-refractivity contribution in [2.75, 3.05) is 7.05 Å². The van der Waals surface area contributed by atoms with E-state index < -0.39 is 0 Å². The van der Waals surface area contributed by atoms with Crippen LogP contribution in [-0.2, 0) is 16.1 Å². The second-order valence-electron chi connectivity index (χ2n) is 4.62. The number of rotatable bonds is 8. The number of carbonyl (C=O) groups excluding carboxylic acids is 1. The predicted molar refractivity (Wildman–Crippen MR) is 98.1 cm³/mol. The number of likely N-dealkylation sites (N-methyl/N-ethyl adjacent to an activating group) is 1. The van der Waals surface area contributed by atoms with Gasteiger partial charge in [0.15, 0.2) is 0 Å². The minimum atomic E-state index is -0.365. The summed E-state index contributed by atoms with van der Waals surface area (Å²) in [4.78, 5) is 12.1. The first-order valence-corrected chi connectivity index (χ1v) is 8.03. The third kappa shape index (κ3) is 8.79. The van der Waals surface area contributed by atoms with E-state index in [4.69, 9.17) is 4.74 Å². The Morgan fingerprint density at radius 3 is 2.48 bits per heavy atom. The molecule has 0 saturated heterocycles. The van der Waals surface area contributed by atoms with Gasteiger partial charge < -0.3 is 10.1 Å². The molecule has 0 aromatic heterocycles. The first-order valence-electron chi connectivity index (χ1n) is 8.03. The maximum Gasteiger partial charge on any atom is 0.323 e. The van der Waals surface area contributed by atoms with Gasteiger partial charge in [-0.15, -0.1) is 0 Å². The summed E-state index contributed by atoms with van der Waals surface area (Å²) in [7, 11) is 1.76. The Kier molecular flexibility index (Phi) is 12.3. The van der Waals surface area contributed by atoms with Crippen LogP contribution in [0.2, 0.25) is 0 Å². The van der Waals surface area contributed by atoms with Crippen LogP contribution < -0.4 is 5.32 Å². The third-order valence-corrected chi connectivity index (χ3v) is 3.01. The minimum absolute atomic E-state index is 0.249. The largest absolute Gasteiger partial charge is 0.460 e. The fourth-order valence-electron chi connectivity index (χ4n) is 1.93. The second kappa shape index (κ2) is 13.5. The van der Waals surface area contributed by atoms with Crippen molar-refractivity contribution in [1.29, 1.82) is 0 Å². The van der Waals surface area contributed by atoms with E-state index in [0.29, 0.717) is 13.0 Å². The van der Waals surface area contributed by atoms with E-state index in [9.17, 15) is 4.79 Å². The molecule has 0 spiro atoms. The van der Waals surface area contributed by atoms with Gasteiger partial charge in [0.2, 0.25) is 0 Å². The van der Waals surface area contributed by atoms with Gasteiger partial charge in [0.25, 0.3) is 0 Å². The van der Waals surface area contributed by atoms with Gasteiger partial charge in [0.05, 0.1) is 0 Å². The predicted octanol–water partition coefficient (Wildman–Crippen LogP) is 4.42. The lowest BCUT2D eigenvalue weighted by molar-refractivity contribution is -0.147. The van der Waals surface area contributed by atoms with E-state index in [1.807, 2.05) is 69.3 Å². The molecule has 23 heavy (non-hydrogen) atoms. The van der Waals surface area contributed by atoms with Crippen molar-refractivity contribution in [2.24, 2.45) is 0 Å². The molecule has 3 heteroatoms. The van der Waals surface area contributed by atoms with E-state index >= 15 is 0 Å². The van der Waals surface area contributed by atoms with Crippen LogP contribution in [-0.4, -0.2) is 19.1 Å². The van der Waals surface area contributed by atoms with Gasteiger partial charge in [-0.1, -0.05) is 75.1 Å². The summed E-state index contributed by atoms with van der Waals surface area (Å²) in [5.41, 5.74) is 2.01. The number of benzene rings is 1. The SMILES string of the molecule is C=C/C=C(\C=C/C)CC(NC)C(=O)OCc1ccccc1.CC. The molecule has 0 aliphatic rings. The van der Waals surface area contributed by atoms with E-state index in [0.717, 1.165) is 11.1 Å². The molecule has 0 heterocycles. The zero-order valence-electron chi connectivity index (χ0n) is 14.7. The summed E-state index contributed by atoms with van der Waals surface area (Å²) < 4.78 is 5.36. The molecule has 1 N–H and O–H groups in total. The molecule has 1 rings (SSSR count). The maximum absolute atomic E-state index is 12.1. The lowest BCUT2D eigenvalue weighted by Gasteiger charge is -2.16. The number of esters is 1. The Labute approximate surface area is 140 Å². The molecule has 1 aromatic rings. The molecule has 1 atom stereocenters. The van der Waals surface area contributed by atoms with Crippen molar-refractivity contribution in [3.05, 3.63) is 72.4 Å². The zero-order valence-corrected chi connectivity index (χ0v) is 14.7. The van der Waals surface area contributed by atoms with E-state index in [1.54, 1.807) is 13.1 Å². The van der Waals surface area contributed by atoms with Crippen LogP contribution in [0.15, 0.2) is 66.8 Å². The summed E-state index contributed by atoms with van der Waals surface area (Å²) in [6, 6.07) is 9.29. The van der Waals surface area contributed by atoms with E-state index in [1.165, 1.54) is 0 Å². The second-order valence-corrected chi connectivity index (χ2v) is 4.62. The van der Waals surface area contributed by atoms with E-state index in [2.05, 4.69) is 11.9 Å². The molecule has 3 nitrogen and oxygen atoms in total. The fraction of sp³-hybridized carbons (Fsp3) is 0.350. The fourth-order valence-corrected chi connectivity index (χ4v) is 1.93. The average molecular weight is 315 g/mol. The van der Waals surface area contributed by atoms with Gasteiger partial charge in [0.1, 0.15) is 12.6 Å². The van der Waals surface area contributed by atoms with Gasteiger partial charge in [-0.3, -0.25) is 4.79 Å². The van der Waals surface area contributed by atoms with Crippen LogP contribution in [0.4, 0.5) is 0 Å². The summed E-state index contributed by atoms with van der Waals surface area (Å²) in [5.74, 6) is -0.249. The van der Waals surface area contributed by atoms with Crippen LogP contribution in [0.3, 0.4) is 0 Å². The molecule has 0 amide bonds. The van der Waals surface area contributed by atoms with Crippen molar-refractivity contribution in [3.63, 3.8) is 0 Å². The highest BCUT2D eigenvalue weighted by Crippen LogP contribution is 2.10. The third-order valence-electron chi connectivity index (χ3n) is 3.01. The molecule has 0 aliphatic heterocycles. The highest BCUT2D eigenvalue weighted by atomic mass is 16.5. The average Bonchev–Trinajstić information content (AvgIpc) is 2.60. The van der Waals surface area contributed by atoms with Crippen LogP contribution in [0.5, 0.6) is 0 Å². The number of hydrogen-bond donors (Lipinski definition) is 1. The van der Waals surface area contributed by atoms with Gasteiger partial charge in [-0.2, -0.15) is 0 Å². The summed E-state index contributed by atoms with van der Waals surface area (Å²) in [6.45, 7) is 9.93. The molecule has 0 saturated carbocycles. The highest BCUT2D eigenvalue weighted by molar-refractivity contribution is 5.76. The number of carbonyl (C=O) groups is 1. The van der Waals surface area contributed by atoms with Crippen molar-refractivity contribution in [2.45, 2.75) is 39.8 Å². The lowest BCUT2D eigenvalue weighted by atomic mass is 10.1.